The van der Waals surface area contributed by atoms with Crippen molar-refractivity contribution in [3.63, 3.8) is 0 Å². The Kier molecular flexibility index (Phi) is 3.62. The molecule has 2 aromatic rings. The van der Waals surface area contributed by atoms with E-state index in [2.05, 4.69) is 20.3 Å². The van der Waals surface area contributed by atoms with E-state index in [0.717, 1.165) is 5.56 Å². The first-order chi connectivity index (χ1) is 8.61. The summed E-state index contributed by atoms with van der Waals surface area (Å²) in [4.78, 5) is 14.8. The summed E-state index contributed by atoms with van der Waals surface area (Å²) < 4.78 is 0. The van der Waals surface area contributed by atoms with Gasteiger partial charge in [-0.15, -0.1) is 0 Å². The second-order valence-corrected chi connectivity index (χ2v) is 4.31. The normalized spacial score (nSPS) is 10.2. The molecule has 0 aliphatic rings. The molecule has 0 radical (unpaired) electrons. The summed E-state index contributed by atoms with van der Waals surface area (Å²) in [6.07, 6.45) is 0. The van der Waals surface area contributed by atoms with Gasteiger partial charge in [-0.05, 0) is 12.1 Å². The zero-order chi connectivity index (χ0) is 13.1. The monoisotopic (exact) mass is 263 g/mol. The molecular formula is C12H14ClN5. The lowest BCUT2D eigenvalue weighted by molar-refractivity contribution is 0.963. The second kappa shape index (κ2) is 5.18. The zero-order valence-corrected chi connectivity index (χ0v) is 11.2. The number of nitrogens with one attached hydrogen (secondary N) is 1. The van der Waals surface area contributed by atoms with E-state index in [1.54, 1.807) is 7.05 Å². The number of hydrogen-bond donors (Lipinski definition) is 1. The first-order valence-corrected chi connectivity index (χ1v) is 5.85. The average molecular weight is 264 g/mol. The van der Waals surface area contributed by atoms with E-state index < -0.39 is 0 Å². The third-order valence-electron chi connectivity index (χ3n) is 2.36. The fraction of sp³-hybridized carbons (Fsp3) is 0.250. The Bertz CT molecular complexity index is 556. The lowest BCUT2D eigenvalue weighted by Gasteiger charge is -2.12. The molecule has 1 heterocycles. The fourth-order valence-electron chi connectivity index (χ4n) is 1.44. The van der Waals surface area contributed by atoms with Crippen LogP contribution in [0.4, 0.5) is 11.9 Å². The lowest BCUT2D eigenvalue weighted by Crippen LogP contribution is -2.15. The van der Waals surface area contributed by atoms with Gasteiger partial charge in [-0.25, -0.2) is 0 Å². The highest BCUT2D eigenvalue weighted by atomic mass is 35.5. The predicted octanol–water partition coefficient (Wildman–Crippen LogP) is 2.30. The smallest absolute Gasteiger partial charge is 0.230 e. The molecule has 2 rings (SSSR count). The predicted molar refractivity (Wildman–Crippen MR) is 74.1 cm³/mol. The van der Waals surface area contributed by atoms with Crippen LogP contribution in [0.15, 0.2) is 24.3 Å². The summed E-state index contributed by atoms with van der Waals surface area (Å²) >= 11 is 6.15. The highest BCUT2D eigenvalue weighted by Gasteiger charge is 2.11. The van der Waals surface area contributed by atoms with E-state index in [9.17, 15) is 0 Å². The Labute approximate surface area is 111 Å². The third-order valence-corrected chi connectivity index (χ3v) is 2.69. The van der Waals surface area contributed by atoms with Gasteiger partial charge in [-0.1, -0.05) is 23.7 Å². The Morgan fingerprint density at radius 1 is 1.11 bits per heavy atom. The van der Waals surface area contributed by atoms with E-state index >= 15 is 0 Å². The van der Waals surface area contributed by atoms with Crippen molar-refractivity contribution in [1.82, 2.24) is 15.0 Å². The highest BCUT2D eigenvalue weighted by Crippen LogP contribution is 2.26. The molecule has 18 heavy (non-hydrogen) atoms. The van der Waals surface area contributed by atoms with Crippen LogP contribution in [-0.4, -0.2) is 36.1 Å². The summed E-state index contributed by atoms with van der Waals surface area (Å²) in [6, 6.07) is 7.48. The van der Waals surface area contributed by atoms with Gasteiger partial charge >= 0.3 is 0 Å². The van der Waals surface area contributed by atoms with Crippen LogP contribution in [0.25, 0.3) is 11.4 Å². The summed E-state index contributed by atoms with van der Waals surface area (Å²) in [7, 11) is 5.53. The topological polar surface area (TPSA) is 53.9 Å². The van der Waals surface area contributed by atoms with Gasteiger partial charge < -0.3 is 10.2 Å². The molecule has 0 aliphatic heterocycles. The molecule has 0 fully saturated rings. The first-order valence-electron chi connectivity index (χ1n) is 5.48. The number of anilines is 2. The van der Waals surface area contributed by atoms with Crippen LogP contribution >= 0.6 is 11.6 Å². The standard InChI is InChI=1S/C12H14ClN5/c1-14-11-15-10(16-12(17-11)18(2)3)8-6-4-5-7-9(8)13/h4-7H,1-3H3,(H,14,15,16,17). The molecule has 0 unspecified atom stereocenters. The maximum absolute atomic E-state index is 6.15. The van der Waals surface area contributed by atoms with Crippen molar-refractivity contribution in [3.8, 4) is 11.4 Å². The van der Waals surface area contributed by atoms with Gasteiger partial charge in [0.15, 0.2) is 5.82 Å². The highest BCUT2D eigenvalue weighted by molar-refractivity contribution is 6.33. The van der Waals surface area contributed by atoms with Gasteiger partial charge in [0.1, 0.15) is 0 Å². The van der Waals surface area contributed by atoms with Gasteiger partial charge in [-0.3, -0.25) is 0 Å². The van der Waals surface area contributed by atoms with Crippen LogP contribution in [0.1, 0.15) is 0 Å². The number of hydrogen-bond acceptors (Lipinski definition) is 5. The van der Waals surface area contributed by atoms with Gasteiger partial charge in [0.25, 0.3) is 0 Å². The van der Waals surface area contributed by atoms with Crippen molar-refractivity contribution in [3.05, 3.63) is 29.3 Å². The SMILES string of the molecule is CNc1nc(-c2ccccc2Cl)nc(N(C)C)n1. The minimum absolute atomic E-state index is 0.517. The van der Waals surface area contributed by atoms with E-state index in [1.807, 2.05) is 43.3 Å². The van der Waals surface area contributed by atoms with Crippen molar-refractivity contribution < 1.29 is 0 Å². The maximum atomic E-state index is 6.15. The Morgan fingerprint density at radius 3 is 2.44 bits per heavy atom. The van der Waals surface area contributed by atoms with Crippen LogP contribution < -0.4 is 10.2 Å². The van der Waals surface area contributed by atoms with E-state index in [0.29, 0.717) is 22.7 Å². The van der Waals surface area contributed by atoms with Gasteiger partial charge in [0.2, 0.25) is 11.9 Å². The lowest BCUT2D eigenvalue weighted by atomic mass is 10.2. The van der Waals surface area contributed by atoms with Crippen molar-refractivity contribution in [2.45, 2.75) is 0 Å². The van der Waals surface area contributed by atoms with Gasteiger partial charge in [-0.2, -0.15) is 15.0 Å². The molecule has 0 saturated carbocycles. The van der Waals surface area contributed by atoms with Crippen molar-refractivity contribution in [2.24, 2.45) is 0 Å². The van der Waals surface area contributed by atoms with Crippen molar-refractivity contribution >= 4 is 23.5 Å². The minimum Gasteiger partial charge on any atom is -0.357 e. The Balaban J connectivity index is 2.57. The molecule has 0 atom stereocenters. The van der Waals surface area contributed by atoms with Crippen LogP contribution in [0, 0.1) is 0 Å². The minimum atomic E-state index is 0.517. The number of halogens is 1. The number of rotatable bonds is 3. The van der Waals surface area contributed by atoms with Crippen LogP contribution in [0.2, 0.25) is 5.02 Å². The van der Waals surface area contributed by atoms with Crippen LogP contribution in [0.5, 0.6) is 0 Å². The summed E-state index contributed by atoms with van der Waals surface area (Å²) in [5.41, 5.74) is 0.793. The molecule has 6 heteroatoms. The molecule has 1 aromatic carbocycles. The number of aromatic nitrogens is 3. The van der Waals surface area contributed by atoms with Crippen LogP contribution in [-0.2, 0) is 0 Å². The molecule has 0 bridgehead atoms. The van der Waals surface area contributed by atoms with Gasteiger partial charge in [0.05, 0.1) is 5.02 Å². The Morgan fingerprint density at radius 2 is 1.83 bits per heavy atom. The summed E-state index contributed by atoms with van der Waals surface area (Å²) in [5, 5.41) is 3.54. The molecule has 1 N–H and O–H groups in total. The molecule has 0 aliphatic carbocycles. The van der Waals surface area contributed by atoms with Gasteiger partial charge in [0, 0.05) is 26.7 Å². The van der Waals surface area contributed by atoms with E-state index in [4.69, 9.17) is 11.6 Å². The molecule has 1 aromatic heterocycles. The third kappa shape index (κ3) is 2.51. The first kappa shape index (κ1) is 12.6. The molecule has 5 nitrogen and oxygen atoms in total. The second-order valence-electron chi connectivity index (χ2n) is 3.91. The van der Waals surface area contributed by atoms with E-state index in [-0.39, 0.29) is 0 Å². The molecule has 0 spiro atoms. The quantitative estimate of drug-likeness (QED) is 0.921. The molecule has 0 amide bonds. The van der Waals surface area contributed by atoms with Crippen molar-refractivity contribution in [1.29, 1.82) is 0 Å². The number of nitrogens with zero attached hydrogens (tertiary/aromatic N) is 4. The maximum Gasteiger partial charge on any atom is 0.230 e. The van der Waals surface area contributed by atoms with Crippen LogP contribution in [0.3, 0.4) is 0 Å². The average Bonchev–Trinajstić information content (AvgIpc) is 2.38. The molecule has 0 saturated heterocycles. The Hall–Kier alpha value is -1.88. The molecule has 94 valence electrons. The largest absolute Gasteiger partial charge is 0.357 e. The summed E-state index contributed by atoms with van der Waals surface area (Å²) in [6.45, 7) is 0. The zero-order valence-electron chi connectivity index (χ0n) is 10.5. The summed E-state index contributed by atoms with van der Waals surface area (Å²) in [5.74, 6) is 1.66. The fourth-order valence-corrected chi connectivity index (χ4v) is 1.66. The van der Waals surface area contributed by atoms with Crippen molar-refractivity contribution in [2.75, 3.05) is 31.4 Å². The van der Waals surface area contributed by atoms with E-state index in [1.165, 1.54) is 0 Å². The molecular weight excluding hydrogens is 250 g/mol. The number of benzene rings is 1.